The molecule has 0 aromatic heterocycles. The Labute approximate surface area is 154 Å². The van der Waals surface area contributed by atoms with Gasteiger partial charge >= 0.3 is 11.9 Å². The molecule has 1 aromatic rings. The van der Waals surface area contributed by atoms with Gasteiger partial charge < -0.3 is 14.6 Å². The van der Waals surface area contributed by atoms with E-state index in [4.69, 9.17) is 9.84 Å². The number of ether oxygens (including phenoxy) is 2. The number of carboxylic acids is 1. The normalized spacial score (nSPS) is 15.6. The van der Waals surface area contributed by atoms with E-state index in [9.17, 15) is 19.2 Å². The summed E-state index contributed by atoms with van der Waals surface area (Å²) >= 11 is 3.97. The van der Waals surface area contributed by atoms with E-state index in [1.54, 1.807) is 12.1 Å². The third-order valence-electron chi connectivity index (χ3n) is 2.99. The number of nitrogens with zero attached hydrogens (tertiary/aromatic N) is 1. The first-order valence-electron chi connectivity index (χ1n) is 6.78. The molecule has 1 saturated heterocycles. The Balaban J connectivity index is 2.16. The molecule has 0 spiro atoms. The van der Waals surface area contributed by atoms with Gasteiger partial charge in [-0.3, -0.25) is 19.3 Å². The zero-order valence-electron chi connectivity index (χ0n) is 12.9. The first kappa shape index (κ1) is 19.0. The Morgan fingerprint density at radius 3 is 2.68 bits per heavy atom. The van der Waals surface area contributed by atoms with Crippen molar-refractivity contribution in [3.8, 4) is 5.75 Å². The minimum Gasteiger partial charge on any atom is -0.481 e. The number of thioether (sulfide) groups is 1. The van der Waals surface area contributed by atoms with Crippen molar-refractivity contribution in [3.63, 3.8) is 0 Å². The molecule has 0 unspecified atom stereocenters. The van der Waals surface area contributed by atoms with Crippen molar-refractivity contribution in [2.45, 2.75) is 0 Å². The molecule has 0 bridgehead atoms. The molecule has 1 aliphatic rings. The SMILES string of the molecule is COC(=O)CN1C(=O)S/C(=C/c2ccc(OCC(=O)O)c(Br)c2)C1=O. The zero-order valence-corrected chi connectivity index (χ0v) is 15.3. The highest BCUT2D eigenvalue weighted by molar-refractivity contribution is 9.10. The number of rotatable bonds is 6. The summed E-state index contributed by atoms with van der Waals surface area (Å²) in [5.41, 5.74) is 0.595. The van der Waals surface area contributed by atoms with Crippen LogP contribution in [-0.2, 0) is 19.1 Å². The Kier molecular flexibility index (Phi) is 6.21. The average Bonchev–Trinajstić information content (AvgIpc) is 2.81. The Bertz CT molecular complexity index is 777. The predicted octanol–water partition coefficient (Wildman–Crippen LogP) is 2.12. The number of carboxylic acid groups (broad SMARTS) is 1. The molecule has 1 aliphatic heterocycles. The highest BCUT2D eigenvalue weighted by Crippen LogP contribution is 2.33. The fraction of sp³-hybridized carbons (Fsp3) is 0.200. The highest BCUT2D eigenvalue weighted by atomic mass is 79.9. The van der Waals surface area contributed by atoms with Crippen molar-refractivity contribution < 1.29 is 33.8 Å². The standard InChI is InChI=1S/C15H12BrNO7S/c1-23-13(20)6-17-14(21)11(25-15(17)22)5-8-2-3-10(9(16)4-8)24-7-12(18)19/h2-5H,6-7H2,1H3,(H,18,19)/b11-5+. The largest absolute Gasteiger partial charge is 0.481 e. The molecular formula is C15H12BrNO7S. The van der Waals surface area contributed by atoms with Crippen molar-refractivity contribution in [2.75, 3.05) is 20.3 Å². The second-order valence-electron chi connectivity index (χ2n) is 4.72. The van der Waals surface area contributed by atoms with Crippen LogP contribution in [-0.4, -0.2) is 53.4 Å². The van der Waals surface area contributed by atoms with Crippen LogP contribution >= 0.6 is 27.7 Å². The molecule has 25 heavy (non-hydrogen) atoms. The number of hydrogen-bond donors (Lipinski definition) is 1. The lowest BCUT2D eigenvalue weighted by atomic mass is 10.2. The van der Waals surface area contributed by atoms with Gasteiger partial charge in [-0.1, -0.05) is 6.07 Å². The second-order valence-corrected chi connectivity index (χ2v) is 6.56. The molecule has 0 radical (unpaired) electrons. The van der Waals surface area contributed by atoms with E-state index in [2.05, 4.69) is 20.7 Å². The Morgan fingerprint density at radius 1 is 1.36 bits per heavy atom. The van der Waals surface area contributed by atoms with Crippen LogP contribution in [0.15, 0.2) is 27.6 Å². The smallest absolute Gasteiger partial charge is 0.341 e. The molecule has 2 amide bonds. The molecule has 0 aliphatic carbocycles. The molecule has 8 nitrogen and oxygen atoms in total. The monoisotopic (exact) mass is 429 g/mol. The fourth-order valence-corrected chi connectivity index (χ4v) is 3.19. The highest BCUT2D eigenvalue weighted by Gasteiger charge is 2.36. The number of halogens is 1. The molecule has 1 N–H and O–H groups in total. The fourth-order valence-electron chi connectivity index (χ4n) is 1.84. The van der Waals surface area contributed by atoms with Gasteiger partial charge in [0.15, 0.2) is 6.61 Å². The Morgan fingerprint density at radius 2 is 2.08 bits per heavy atom. The van der Waals surface area contributed by atoms with E-state index in [1.165, 1.54) is 19.3 Å². The molecule has 0 atom stereocenters. The van der Waals surface area contributed by atoms with Crippen LogP contribution in [0.2, 0.25) is 0 Å². The summed E-state index contributed by atoms with van der Waals surface area (Å²) in [6.45, 7) is -0.922. The van der Waals surface area contributed by atoms with Gasteiger partial charge in [-0.2, -0.15) is 0 Å². The maximum atomic E-state index is 12.2. The number of hydrogen-bond acceptors (Lipinski definition) is 7. The average molecular weight is 430 g/mol. The lowest BCUT2D eigenvalue weighted by molar-refractivity contribution is -0.143. The topological polar surface area (TPSA) is 110 Å². The summed E-state index contributed by atoms with van der Waals surface area (Å²) in [6, 6.07) is 4.76. The summed E-state index contributed by atoms with van der Waals surface area (Å²) in [7, 11) is 1.17. The number of benzene rings is 1. The van der Waals surface area contributed by atoms with Crippen LogP contribution in [0.4, 0.5) is 4.79 Å². The first-order chi connectivity index (χ1) is 11.8. The molecule has 1 heterocycles. The summed E-state index contributed by atoms with van der Waals surface area (Å²) in [5, 5.41) is 8.06. The number of esters is 1. The summed E-state index contributed by atoms with van der Waals surface area (Å²) in [5.74, 6) is -2.04. The third-order valence-corrected chi connectivity index (χ3v) is 4.52. The van der Waals surface area contributed by atoms with Crippen LogP contribution in [0, 0.1) is 0 Å². The number of methoxy groups -OCH3 is 1. The first-order valence-corrected chi connectivity index (χ1v) is 8.39. The van der Waals surface area contributed by atoms with Crippen molar-refractivity contribution in [2.24, 2.45) is 0 Å². The van der Waals surface area contributed by atoms with Crippen molar-refractivity contribution in [1.82, 2.24) is 4.90 Å². The van der Waals surface area contributed by atoms with Gasteiger partial charge in [-0.05, 0) is 51.5 Å². The van der Waals surface area contributed by atoms with E-state index < -0.39 is 36.2 Å². The molecule has 0 saturated carbocycles. The van der Waals surface area contributed by atoms with Crippen molar-refractivity contribution in [1.29, 1.82) is 0 Å². The van der Waals surface area contributed by atoms with E-state index >= 15 is 0 Å². The maximum Gasteiger partial charge on any atom is 0.341 e. The van der Waals surface area contributed by atoms with E-state index in [1.807, 2.05) is 0 Å². The van der Waals surface area contributed by atoms with Gasteiger partial charge in [0.05, 0.1) is 16.5 Å². The Hall–Kier alpha value is -2.33. The van der Waals surface area contributed by atoms with Gasteiger partial charge in [-0.15, -0.1) is 0 Å². The molecular weight excluding hydrogens is 418 g/mol. The third kappa shape index (κ3) is 4.83. The lowest BCUT2D eigenvalue weighted by Gasteiger charge is -2.09. The van der Waals surface area contributed by atoms with Gasteiger partial charge in [0, 0.05) is 0 Å². The minimum atomic E-state index is -1.10. The number of amides is 2. The molecule has 1 aromatic carbocycles. The van der Waals surface area contributed by atoms with E-state index in [0.29, 0.717) is 15.8 Å². The van der Waals surface area contributed by atoms with Gasteiger partial charge in [-0.25, -0.2) is 4.79 Å². The second kappa shape index (κ2) is 8.17. The van der Waals surface area contributed by atoms with Crippen molar-refractivity contribution in [3.05, 3.63) is 33.1 Å². The number of imide groups is 1. The van der Waals surface area contributed by atoms with Gasteiger partial charge in [0.25, 0.3) is 11.1 Å². The van der Waals surface area contributed by atoms with E-state index in [0.717, 1.165) is 16.7 Å². The minimum absolute atomic E-state index is 0.167. The molecule has 132 valence electrons. The van der Waals surface area contributed by atoms with E-state index in [-0.39, 0.29) is 4.91 Å². The van der Waals surface area contributed by atoms with Crippen LogP contribution < -0.4 is 4.74 Å². The molecule has 1 fully saturated rings. The van der Waals surface area contributed by atoms with Crippen LogP contribution in [0.1, 0.15) is 5.56 Å². The molecule has 10 heteroatoms. The predicted molar refractivity (Wildman–Crippen MR) is 92.0 cm³/mol. The molecule has 2 rings (SSSR count). The zero-order chi connectivity index (χ0) is 18.6. The van der Waals surface area contributed by atoms with Gasteiger partial charge in [0.2, 0.25) is 0 Å². The van der Waals surface area contributed by atoms with Gasteiger partial charge in [0.1, 0.15) is 12.3 Å². The van der Waals surface area contributed by atoms with Crippen LogP contribution in [0.5, 0.6) is 5.75 Å². The summed E-state index contributed by atoms with van der Waals surface area (Å²) in [6.07, 6.45) is 1.49. The number of aliphatic carboxylic acids is 1. The van der Waals surface area contributed by atoms with Crippen LogP contribution in [0.25, 0.3) is 6.08 Å². The maximum absolute atomic E-state index is 12.2. The lowest BCUT2D eigenvalue weighted by Crippen LogP contribution is -2.34. The summed E-state index contributed by atoms with van der Waals surface area (Å²) in [4.78, 5) is 46.8. The van der Waals surface area contributed by atoms with Crippen molar-refractivity contribution >= 4 is 56.9 Å². The number of carbonyl (C=O) groups excluding carboxylic acids is 3. The quantitative estimate of drug-likeness (QED) is 0.540. The summed E-state index contributed by atoms with van der Waals surface area (Å²) < 4.78 is 10.0. The van der Waals surface area contributed by atoms with Crippen LogP contribution in [0.3, 0.4) is 0 Å². The number of carbonyl (C=O) groups is 4.